The van der Waals surface area contributed by atoms with Gasteiger partial charge in [0.1, 0.15) is 57.1 Å². The van der Waals surface area contributed by atoms with Crippen LogP contribution in [0.25, 0.3) is 66.9 Å². The van der Waals surface area contributed by atoms with Crippen molar-refractivity contribution in [1.82, 2.24) is 29.0 Å². The first kappa shape index (κ1) is 82.0. The molecule has 10 rings (SSSR count). The van der Waals surface area contributed by atoms with Crippen molar-refractivity contribution >= 4 is 61.3 Å². The fourth-order valence-corrected chi connectivity index (χ4v) is 15.8. The van der Waals surface area contributed by atoms with Crippen LogP contribution in [0.4, 0.5) is 13.2 Å². The first-order valence-corrected chi connectivity index (χ1v) is 43.0. The van der Waals surface area contributed by atoms with Gasteiger partial charge in [0, 0.05) is 39.7 Å². The van der Waals surface area contributed by atoms with E-state index in [2.05, 4.69) is 51.1 Å². The van der Waals surface area contributed by atoms with E-state index in [1.54, 1.807) is 18.2 Å². The molecule has 0 spiro atoms. The molecular formula is C90H120BF3N6O6S. The molecule has 6 aromatic carbocycles. The third kappa shape index (κ3) is 24.8. The van der Waals surface area contributed by atoms with Crippen molar-refractivity contribution in [3.8, 4) is 57.3 Å². The summed E-state index contributed by atoms with van der Waals surface area (Å²) in [5, 5.41) is 2.09. The Morgan fingerprint density at radius 1 is 0.346 bits per heavy atom. The van der Waals surface area contributed by atoms with Crippen LogP contribution in [0.15, 0.2) is 127 Å². The van der Waals surface area contributed by atoms with E-state index in [9.17, 15) is 21.6 Å². The molecule has 0 atom stereocenters. The van der Waals surface area contributed by atoms with E-state index in [4.69, 9.17) is 38.2 Å². The summed E-state index contributed by atoms with van der Waals surface area (Å²) < 4.78 is 98.5. The maximum atomic E-state index is 14.6. The zero-order chi connectivity index (χ0) is 75.1. The van der Waals surface area contributed by atoms with Crippen molar-refractivity contribution in [2.45, 2.75) is 303 Å². The molecule has 0 unspecified atom stereocenters. The number of rotatable bonds is 51. The lowest BCUT2D eigenvalue weighted by atomic mass is 9.88. The quantitative estimate of drug-likeness (QED) is 0.0206. The number of hydrogen-bond acceptors (Lipinski definition) is 10. The molecule has 9 aromatic rings. The average Bonchev–Trinajstić information content (AvgIpc) is 1.57. The molecule has 3 aromatic heterocycles. The van der Waals surface area contributed by atoms with Gasteiger partial charge in [0.2, 0.25) is 0 Å². The molecule has 0 saturated carbocycles. The maximum Gasteiger partial charge on any atom is 0.521 e. The number of alkyl halides is 3. The van der Waals surface area contributed by atoms with Crippen LogP contribution < -0.4 is 14.2 Å². The molecule has 1 aliphatic rings. The summed E-state index contributed by atoms with van der Waals surface area (Å²) >= 11 is 0. The lowest BCUT2D eigenvalue weighted by Crippen LogP contribution is -2.35. The Hall–Kier alpha value is -7.50. The molecule has 0 saturated heterocycles. The lowest BCUT2D eigenvalue weighted by Gasteiger charge is -2.14. The van der Waals surface area contributed by atoms with Gasteiger partial charge in [-0.2, -0.15) is 21.6 Å². The Balaban J connectivity index is 0.956. The normalized spacial score (nSPS) is 12.1. The molecular weight excluding hydrogens is 1360 g/mol. The number of ether oxygens (including phenoxy) is 3. The standard InChI is InChI=1S/C90H120BF3N6O6S/c1-6-9-12-15-18-21-24-27-30-33-36-39-42-48-69-51-45-54-72(63-69)103-75-57-60-78-81(66-75)85-95-84(78)97-89-83-68-77(105-74-56-47-53-71(65-74)50-44-41-38-35-32-29-26-23-20-17-14-11-8-3)59-62-80(83)88(100(89)91(4)106-107(101,102)90(92,93)94)98-87-82-67-76(58-61-79(82)86(96-85)99(87)5)104-73-55-46-52-70(64-73)49-43-40-37-34-31-28-25-22-19-16-13-10-7-2/h45-47,51-68H,6-44,48-50H2,1-5H3. The number of aryl methyl sites for hydroxylation is 4. The highest BCUT2D eigenvalue weighted by Crippen LogP contribution is 2.42. The van der Waals surface area contributed by atoms with Crippen LogP contribution in [-0.2, 0) is 40.5 Å². The minimum Gasteiger partial charge on any atom is -0.457 e. The Kier molecular flexibility index (Phi) is 33.0. The summed E-state index contributed by atoms with van der Waals surface area (Å²) in [6, 6.07) is 41.1. The second-order valence-corrected chi connectivity index (χ2v) is 31.8. The molecule has 17 heteroatoms. The third-order valence-electron chi connectivity index (χ3n) is 21.4. The number of aromatic nitrogens is 6. The van der Waals surface area contributed by atoms with Gasteiger partial charge in [-0.3, -0.25) is 4.10 Å². The van der Waals surface area contributed by atoms with Crippen molar-refractivity contribution < 1.29 is 39.9 Å². The summed E-state index contributed by atoms with van der Waals surface area (Å²) in [7, 11) is -6.22. The van der Waals surface area contributed by atoms with Gasteiger partial charge in [0.25, 0.3) is 0 Å². The minimum atomic E-state index is -6.19. The maximum absolute atomic E-state index is 14.6. The van der Waals surface area contributed by atoms with E-state index >= 15 is 0 Å². The topological polar surface area (TPSA) is 132 Å². The Labute approximate surface area is 637 Å². The second kappa shape index (κ2) is 43.0. The largest absolute Gasteiger partial charge is 0.521 e. The number of benzene rings is 6. The molecule has 0 fully saturated rings. The monoisotopic (exact) mass is 1480 g/mol. The van der Waals surface area contributed by atoms with Crippen LogP contribution in [0.2, 0.25) is 6.82 Å². The predicted octanol–water partition coefficient (Wildman–Crippen LogP) is 27.9. The van der Waals surface area contributed by atoms with Gasteiger partial charge in [-0.25, -0.2) is 19.9 Å². The van der Waals surface area contributed by atoms with Gasteiger partial charge in [-0.1, -0.05) is 288 Å². The van der Waals surface area contributed by atoms with E-state index in [1.807, 2.05) is 90.5 Å². The van der Waals surface area contributed by atoms with Gasteiger partial charge < -0.3 is 23.3 Å². The minimum absolute atomic E-state index is 0.0267. The number of fused-ring (bicyclic) bond motifs is 15. The highest BCUT2D eigenvalue weighted by molar-refractivity contribution is 7.88. The molecule has 1 aliphatic heterocycles. The van der Waals surface area contributed by atoms with E-state index in [-0.39, 0.29) is 17.1 Å². The SMILES string of the molecule is CCCCCCCCCCCCCCCc1cccc(Oc2ccc3c(c2)-c2nc-3nc3c4cc(Oc5cccc(CCCCCCCCCCCCCCC)c5)ccc4c(nc4c5cc(Oc6cccc(CCCCCCCCCCCCCCC)c6)ccc5c(n2)n4C)n3B(C)OS(=O)(=O)C(F)(F)F)c1. The fourth-order valence-electron chi connectivity index (χ4n) is 15.3. The van der Waals surface area contributed by atoms with E-state index in [0.717, 1.165) is 50.5 Å². The zero-order valence-electron chi connectivity index (χ0n) is 65.1. The Bertz CT molecular complexity index is 4420. The van der Waals surface area contributed by atoms with Crippen molar-refractivity contribution in [1.29, 1.82) is 0 Å². The molecule has 0 amide bonds. The highest BCUT2D eigenvalue weighted by atomic mass is 32.2. The summed E-state index contributed by atoms with van der Waals surface area (Å²) in [4.78, 5) is 21.2. The second-order valence-electron chi connectivity index (χ2n) is 30.3. The van der Waals surface area contributed by atoms with Crippen LogP contribution in [-0.4, -0.2) is 50.0 Å². The van der Waals surface area contributed by atoms with Crippen LogP contribution in [0.5, 0.6) is 34.5 Å². The lowest BCUT2D eigenvalue weighted by molar-refractivity contribution is -0.0502. The smallest absolute Gasteiger partial charge is 0.457 e. The van der Waals surface area contributed by atoms with Gasteiger partial charge in [-0.15, -0.1) is 0 Å². The summed E-state index contributed by atoms with van der Waals surface area (Å²) in [5.74, 6) is 3.88. The number of halogens is 3. The summed E-state index contributed by atoms with van der Waals surface area (Å²) in [6.07, 6.45) is 53.1. The van der Waals surface area contributed by atoms with Crippen molar-refractivity contribution in [2.24, 2.45) is 7.05 Å². The van der Waals surface area contributed by atoms with Gasteiger partial charge in [0.05, 0.1) is 0 Å². The summed E-state index contributed by atoms with van der Waals surface area (Å²) in [5.41, 5.74) is -0.161. The first-order valence-electron chi connectivity index (χ1n) is 41.6. The highest BCUT2D eigenvalue weighted by Gasteiger charge is 2.49. The van der Waals surface area contributed by atoms with Crippen LogP contribution in [0.1, 0.15) is 288 Å². The van der Waals surface area contributed by atoms with E-state index in [1.165, 1.54) is 247 Å². The van der Waals surface area contributed by atoms with Crippen molar-refractivity contribution in [3.63, 3.8) is 0 Å². The van der Waals surface area contributed by atoms with E-state index < -0.39 is 22.7 Å². The zero-order valence-corrected chi connectivity index (χ0v) is 65.9. The van der Waals surface area contributed by atoms with Crippen LogP contribution in [0, 0.1) is 0 Å². The molecule has 12 nitrogen and oxygen atoms in total. The van der Waals surface area contributed by atoms with Crippen LogP contribution >= 0.6 is 0 Å². The Morgan fingerprint density at radius 2 is 0.654 bits per heavy atom. The number of hydrogen-bond donors (Lipinski definition) is 0. The number of unbranched alkanes of at least 4 members (excludes halogenated alkanes) is 36. The molecule has 0 radical (unpaired) electrons. The molecule has 6 bridgehead atoms. The first-order chi connectivity index (χ1) is 52.2. The third-order valence-corrected chi connectivity index (χ3v) is 22.5. The predicted molar refractivity (Wildman–Crippen MR) is 437 cm³/mol. The van der Waals surface area contributed by atoms with Gasteiger partial charge >= 0.3 is 22.7 Å². The fraction of sp³-hybridized carbons (Fsp3) is 0.533. The molecule has 576 valence electrons. The molecule has 0 aliphatic carbocycles. The van der Waals surface area contributed by atoms with Crippen molar-refractivity contribution in [2.75, 3.05) is 0 Å². The van der Waals surface area contributed by atoms with Gasteiger partial charge in [0.15, 0.2) is 11.6 Å². The molecule has 0 N–H and O–H groups in total. The Morgan fingerprint density at radius 3 is 1.05 bits per heavy atom. The van der Waals surface area contributed by atoms with E-state index in [0.29, 0.717) is 84.3 Å². The summed E-state index contributed by atoms with van der Waals surface area (Å²) in [6.45, 7) is 8.05. The van der Waals surface area contributed by atoms with Crippen LogP contribution in [0.3, 0.4) is 0 Å². The molecule has 4 heterocycles. The molecule has 107 heavy (non-hydrogen) atoms. The number of nitrogens with zero attached hydrogens (tertiary/aromatic N) is 6. The van der Waals surface area contributed by atoms with Gasteiger partial charge in [-0.05, 0) is 153 Å². The average molecular weight is 1480 g/mol. The van der Waals surface area contributed by atoms with Crippen molar-refractivity contribution in [3.05, 3.63) is 144 Å².